The highest BCUT2D eigenvalue weighted by molar-refractivity contribution is 6.27. The number of nitrogens with zero attached hydrogens (tertiary/aromatic N) is 4. The fraction of sp³-hybridized carbons (Fsp3) is 0.615. The highest BCUT2D eigenvalue weighted by atomic mass is 16.5. The first-order valence-corrected chi connectivity index (χ1v) is 37.0. The van der Waals surface area contributed by atoms with Crippen LogP contribution in [0.15, 0.2) is 102 Å². The van der Waals surface area contributed by atoms with E-state index in [9.17, 15) is 0 Å². The van der Waals surface area contributed by atoms with Crippen molar-refractivity contribution in [2.45, 2.75) is 261 Å². The molecule has 1 aromatic heterocycles. The van der Waals surface area contributed by atoms with Gasteiger partial charge in [0.25, 0.3) is 6.61 Å². The molecule has 0 N–H and O–H groups in total. The van der Waals surface area contributed by atoms with Crippen molar-refractivity contribution in [1.29, 1.82) is 0 Å². The van der Waals surface area contributed by atoms with Gasteiger partial charge in [0, 0.05) is 35.8 Å². The molecule has 502 valence electrons. The molecule has 0 fully saturated rings. The lowest BCUT2D eigenvalue weighted by atomic mass is 10.00. The molecule has 0 spiro atoms. The topological polar surface area (TPSA) is 90.7 Å². The number of allylic oxidation sites excluding steroid dienone is 5. The van der Waals surface area contributed by atoms with E-state index in [2.05, 4.69) is 174 Å². The van der Waals surface area contributed by atoms with E-state index in [1.54, 1.807) is 0 Å². The highest BCUT2D eigenvalue weighted by Crippen LogP contribution is 2.40. The Balaban J connectivity index is 1.42. The molecule has 4 radical (unpaired) electrons. The van der Waals surface area contributed by atoms with Crippen LogP contribution in [0.4, 0.5) is 0 Å². The predicted molar refractivity (Wildman–Crippen MR) is 379 cm³/mol. The van der Waals surface area contributed by atoms with Gasteiger partial charge in [-0.3, -0.25) is 9.03 Å². The summed E-state index contributed by atoms with van der Waals surface area (Å²) in [6.45, 7) is 23.1. The maximum atomic E-state index is 6.76. The van der Waals surface area contributed by atoms with Crippen molar-refractivity contribution in [2.24, 2.45) is 0 Å². The molecule has 14 heteroatoms. The Morgan fingerprint density at radius 2 is 0.761 bits per heavy atom. The minimum Gasteiger partial charge on any atom is -0.490 e. The van der Waals surface area contributed by atoms with E-state index in [1.807, 2.05) is 0 Å². The number of azo groups is 1. The van der Waals surface area contributed by atoms with Gasteiger partial charge in [-0.05, 0) is 112 Å². The number of carbonyl (C=O) groups excluding carboxylic acids is 1. The molecule has 3 aliphatic rings. The third-order valence-corrected chi connectivity index (χ3v) is 17.4. The Kier molecular flexibility index (Phi) is 34.2. The summed E-state index contributed by atoms with van der Waals surface area (Å²) < 4.78 is 62.5. The van der Waals surface area contributed by atoms with Crippen molar-refractivity contribution in [1.82, 2.24) is 4.59 Å². The molecule has 4 aromatic rings. The predicted octanol–water partition coefficient (Wildman–Crippen LogP) is 20.2. The highest BCUT2D eigenvalue weighted by Gasteiger charge is 2.40. The van der Waals surface area contributed by atoms with Crippen molar-refractivity contribution in [3.05, 3.63) is 108 Å². The number of ketones is 1. The van der Waals surface area contributed by atoms with Gasteiger partial charge < -0.3 is 42.3 Å². The number of aromatic nitrogens is 2. The SMILES string of the molecule is CCCCCCOC1=CC(=C2C=C(c3ccc(OCCCCCC)c(OCCCCCC)c3)[N+]3=[N+]2[B-][n+]2c(-c4ccc(OCCCCCC)c(OCCCCCC)c4)cc(-c4ccc(OCCCCCC)c(OCCCCCC)c4)n2[B-]3)C=CC1=[O+]CCCCCC. The van der Waals surface area contributed by atoms with E-state index in [0.29, 0.717) is 52.9 Å². The summed E-state index contributed by atoms with van der Waals surface area (Å²) >= 11 is 0. The molecule has 0 amide bonds. The molecule has 7 rings (SSSR count). The van der Waals surface area contributed by atoms with Crippen LogP contribution in [0.5, 0.6) is 34.5 Å². The van der Waals surface area contributed by atoms with Gasteiger partial charge >= 0.3 is 20.9 Å². The number of hydrogen-bond donors (Lipinski definition) is 0. The Labute approximate surface area is 558 Å². The third-order valence-electron chi connectivity index (χ3n) is 17.4. The van der Waals surface area contributed by atoms with Crippen LogP contribution in [-0.4, -0.2) is 87.5 Å². The zero-order valence-corrected chi connectivity index (χ0v) is 58.6. The van der Waals surface area contributed by atoms with Gasteiger partial charge in [0.1, 0.15) is 0 Å². The number of hydrogen-bond acceptors (Lipinski definition) is 7. The number of benzene rings is 3. The molecule has 12 nitrogen and oxygen atoms in total. The first-order chi connectivity index (χ1) is 45.4. The van der Waals surface area contributed by atoms with Gasteiger partial charge in [0.2, 0.25) is 17.2 Å². The quantitative estimate of drug-likeness (QED) is 0.0247. The van der Waals surface area contributed by atoms with Crippen LogP contribution in [0.3, 0.4) is 0 Å². The van der Waals surface area contributed by atoms with Crippen molar-refractivity contribution in [3.8, 4) is 57.0 Å². The summed E-state index contributed by atoms with van der Waals surface area (Å²) in [6, 6.07) is 21.8. The summed E-state index contributed by atoms with van der Waals surface area (Å²) in [6.07, 6.45) is 44.7. The Morgan fingerprint density at radius 3 is 1.22 bits per heavy atom. The number of rotatable bonds is 50. The standard InChI is InChI=1S/C78H118B2N4O8/c1-9-17-25-33-49-85-71-45-41-63(57-75(71)89-53-37-29-21-13-5)67-61-68(64-42-46-72(86-50-34-26-18-10-2)76(58-64)90-54-38-30-22-14-6)82-80-84-70(66-44-48-74(88-52-36-28-20-12-4)78(60-66)92-56-40-32-24-16-8)62-69(83(84)79-81(67)82)65-43-47-73(87-51-35-27-19-11-3)77(59-65)91-55-39-31-23-15-7/h41-48,57-62H,9-40,49-56H2,1-8H3/q+2. The second kappa shape index (κ2) is 42.9. The molecule has 92 heavy (non-hydrogen) atoms. The van der Waals surface area contributed by atoms with Crippen molar-refractivity contribution >= 4 is 26.6 Å². The monoisotopic (exact) mass is 1260 g/mol. The zero-order chi connectivity index (χ0) is 64.8. The summed E-state index contributed by atoms with van der Waals surface area (Å²) in [5.74, 6) is 6.19. The fourth-order valence-corrected chi connectivity index (χ4v) is 11.8. The van der Waals surface area contributed by atoms with Crippen LogP contribution in [0.2, 0.25) is 0 Å². The molecule has 3 heterocycles. The van der Waals surface area contributed by atoms with Crippen LogP contribution in [0, 0.1) is 0 Å². The first kappa shape index (κ1) is 73.2. The third kappa shape index (κ3) is 23.1. The lowest BCUT2D eigenvalue weighted by Crippen LogP contribution is -2.62. The van der Waals surface area contributed by atoms with Gasteiger partial charge in [-0.2, -0.15) is 0 Å². The summed E-state index contributed by atoms with van der Waals surface area (Å²) in [5.41, 5.74) is 7.94. The number of fused-ring (bicyclic) bond motifs is 1. The molecule has 0 bridgehead atoms. The van der Waals surface area contributed by atoms with Gasteiger partial charge in [-0.15, -0.1) is 0 Å². The Hall–Kier alpha value is -6.17. The molecule has 0 saturated carbocycles. The first-order valence-electron chi connectivity index (χ1n) is 37.0. The van der Waals surface area contributed by atoms with Gasteiger partial charge in [-0.25, -0.2) is 4.61 Å². The van der Waals surface area contributed by atoms with Crippen LogP contribution < -0.4 is 33.0 Å². The number of ether oxygens (including phenoxy) is 7. The maximum absolute atomic E-state index is 6.76. The number of unbranched alkanes of at least 4 members (excludes halogenated alkanes) is 24. The van der Waals surface area contributed by atoms with E-state index in [-0.39, 0.29) is 0 Å². The van der Waals surface area contributed by atoms with Gasteiger partial charge in [0.05, 0.1) is 69.2 Å². The van der Waals surface area contributed by atoms with E-state index in [4.69, 9.17) is 37.6 Å². The lowest BCUT2D eigenvalue weighted by molar-refractivity contribution is -0.878. The molecule has 0 saturated heterocycles. The molecular weight excluding hydrogens is 1140 g/mol. The lowest BCUT2D eigenvalue weighted by Gasteiger charge is -2.25. The average Bonchev–Trinajstić information content (AvgIpc) is 1.57. The van der Waals surface area contributed by atoms with Crippen LogP contribution >= 0.6 is 0 Å². The molecule has 0 unspecified atom stereocenters. The van der Waals surface area contributed by atoms with Crippen molar-refractivity contribution in [3.63, 3.8) is 0 Å². The van der Waals surface area contributed by atoms with E-state index >= 15 is 0 Å². The van der Waals surface area contributed by atoms with Gasteiger partial charge in [-0.1, -0.05) is 203 Å². The average molecular weight is 1260 g/mol. The Morgan fingerprint density at radius 1 is 0.370 bits per heavy atom. The van der Waals surface area contributed by atoms with Crippen molar-refractivity contribution < 1.29 is 51.4 Å². The molecule has 0 atom stereocenters. The fourth-order valence-electron chi connectivity index (χ4n) is 11.8. The van der Waals surface area contributed by atoms with Crippen LogP contribution in [0.25, 0.3) is 28.2 Å². The largest absolute Gasteiger partial charge is 0.605 e. The van der Waals surface area contributed by atoms with E-state index < -0.39 is 0 Å². The zero-order valence-electron chi connectivity index (χ0n) is 58.6. The summed E-state index contributed by atoms with van der Waals surface area (Å²) in [7, 11) is 4.45. The van der Waals surface area contributed by atoms with Crippen LogP contribution in [-0.2, 0) is 9.16 Å². The van der Waals surface area contributed by atoms with E-state index in [1.165, 1.54) is 103 Å². The van der Waals surface area contributed by atoms with Gasteiger partial charge in [0.15, 0.2) is 40.2 Å². The minimum atomic E-state index is 0.621. The second-order valence-corrected chi connectivity index (χ2v) is 25.4. The Bertz CT molecular complexity index is 3010. The van der Waals surface area contributed by atoms with E-state index in [0.717, 1.165) is 194 Å². The summed E-state index contributed by atoms with van der Waals surface area (Å²) in [5, 5.41) is 0. The maximum Gasteiger partial charge on any atom is 0.605 e. The van der Waals surface area contributed by atoms with Crippen molar-refractivity contribution in [2.75, 3.05) is 52.9 Å². The molecular formula is C78H118B2N4O8+2. The normalized spacial score (nSPS) is 14.8. The van der Waals surface area contributed by atoms with Crippen LogP contribution in [0.1, 0.15) is 266 Å². The molecule has 3 aromatic carbocycles. The summed E-state index contributed by atoms with van der Waals surface area (Å²) in [4.78, 5) is 0. The second-order valence-electron chi connectivity index (χ2n) is 25.4. The smallest absolute Gasteiger partial charge is 0.490 e. The molecule has 1 aliphatic carbocycles. The minimum absolute atomic E-state index is 0.621. The molecule has 2 aliphatic heterocycles.